The van der Waals surface area contributed by atoms with Crippen LogP contribution in [0.25, 0.3) is 11.4 Å². The molecule has 0 aromatic carbocycles. The molecule has 1 saturated heterocycles. The Balaban J connectivity index is 1.70. The molecule has 0 spiro atoms. The molecule has 23 heavy (non-hydrogen) atoms. The summed E-state index contributed by atoms with van der Waals surface area (Å²) < 4.78 is 2.24. The molecule has 1 unspecified atom stereocenters. The van der Waals surface area contributed by atoms with Crippen molar-refractivity contribution < 1.29 is 0 Å². The summed E-state index contributed by atoms with van der Waals surface area (Å²) in [6, 6.07) is 5.17. The standard InChI is InChI=1S/C18H27N5/c1-14(2)23-10-4-3-5-16(23)7-11-22-12-9-21-18(22)15-6-8-20-17(19)13-15/h6,8-9,12-14,16H,3-5,7,10-11H2,1-2H3,(H2,19,20). The van der Waals surface area contributed by atoms with Crippen LogP contribution in [0, 0.1) is 0 Å². The Hall–Kier alpha value is -1.88. The van der Waals surface area contributed by atoms with E-state index in [0.717, 1.165) is 17.9 Å². The first-order chi connectivity index (χ1) is 11.1. The van der Waals surface area contributed by atoms with E-state index in [4.69, 9.17) is 5.73 Å². The van der Waals surface area contributed by atoms with Gasteiger partial charge in [-0.1, -0.05) is 6.42 Å². The van der Waals surface area contributed by atoms with Gasteiger partial charge in [0, 0.05) is 42.8 Å². The molecule has 1 atom stereocenters. The third-order valence-corrected chi connectivity index (χ3v) is 4.79. The predicted octanol–water partition coefficient (Wildman–Crippen LogP) is 3.18. The highest BCUT2D eigenvalue weighted by molar-refractivity contribution is 5.58. The summed E-state index contributed by atoms with van der Waals surface area (Å²) in [6.07, 6.45) is 10.8. The number of rotatable bonds is 5. The number of pyridine rings is 1. The Morgan fingerprint density at radius 1 is 1.26 bits per heavy atom. The van der Waals surface area contributed by atoms with Crippen LogP contribution >= 0.6 is 0 Å². The average Bonchev–Trinajstić information content (AvgIpc) is 3.01. The van der Waals surface area contributed by atoms with Gasteiger partial charge in [0.2, 0.25) is 0 Å². The fourth-order valence-corrected chi connectivity index (χ4v) is 3.64. The highest BCUT2D eigenvalue weighted by atomic mass is 15.2. The fraction of sp³-hybridized carbons (Fsp3) is 0.556. The van der Waals surface area contributed by atoms with E-state index in [0.29, 0.717) is 17.9 Å². The largest absolute Gasteiger partial charge is 0.384 e. The molecule has 0 aliphatic carbocycles. The first kappa shape index (κ1) is 16.0. The van der Waals surface area contributed by atoms with Crippen molar-refractivity contribution in [1.82, 2.24) is 19.4 Å². The summed E-state index contributed by atoms with van der Waals surface area (Å²) in [5.41, 5.74) is 6.84. The van der Waals surface area contributed by atoms with Crippen molar-refractivity contribution in [3.8, 4) is 11.4 Å². The van der Waals surface area contributed by atoms with E-state index >= 15 is 0 Å². The molecule has 2 aromatic heterocycles. The lowest BCUT2D eigenvalue weighted by Crippen LogP contribution is -2.44. The van der Waals surface area contributed by atoms with Crippen molar-refractivity contribution in [2.45, 2.75) is 58.2 Å². The van der Waals surface area contributed by atoms with Gasteiger partial charge in [-0.25, -0.2) is 9.97 Å². The average molecular weight is 313 g/mol. The van der Waals surface area contributed by atoms with Gasteiger partial charge in [0.05, 0.1) is 0 Å². The van der Waals surface area contributed by atoms with E-state index in [1.54, 1.807) is 6.20 Å². The number of nitrogens with two attached hydrogens (primary N) is 1. The van der Waals surface area contributed by atoms with Gasteiger partial charge >= 0.3 is 0 Å². The Morgan fingerprint density at radius 3 is 2.91 bits per heavy atom. The monoisotopic (exact) mass is 313 g/mol. The van der Waals surface area contributed by atoms with Gasteiger partial charge in [-0.15, -0.1) is 0 Å². The Labute approximate surface area is 138 Å². The highest BCUT2D eigenvalue weighted by Gasteiger charge is 2.24. The van der Waals surface area contributed by atoms with Crippen molar-refractivity contribution in [3.05, 3.63) is 30.7 Å². The minimum atomic E-state index is 0.537. The zero-order chi connectivity index (χ0) is 16.2. The van der Waals surface area contributed by atoms with E-state index in [2.05, 4.69) is 39.5 Å². The van der Waals surface area contributed by atoms with Crippen LogP contribution < -0.4 is 5.73 Å². The molecule has 1 aliphatic heterocycles. The van der Waals surface area contributed by atoms with E-state index in [-0.39, 0.29) is 0 Å². The van der Waals surface area contributed by atoms with Crippen molar-refractivity contribution in [1.29, 1.82) is 0 Å². The van der Waals surface area contributed by atoms with Crippen LogP contribution in [0.4, 0.5) is 5.82 Å². The molecule has 5 heteroatoms. The molecule has 5 nitrogen and oxygen atoms in total. The number of nitrogens with zero attached hydrogens (tertiary/aromatic N) is 4. The molecule has 3 heterocycles. The SMILES string of the molecule is CC(C)N1CCCCC1CCn1ccnc1-c1ccnc(N)c1. The molecule has 2 N–H and O–H groups in total. The summed E-state index contributed by atoms with van der Waals surface area (Å²) in [6.45, 7) is 6.84. The number of likely N-dealkylation sites (tertiary alicyclic amines) is 1. The summed E-state index contributed by atoms with van der Waals surface area (Å²) in [5.74, 6) is 1.52. The van der Waals surface area contributed by atoms with Crippen LogP contribution in [0.2, 0.25) is 0 Å². The third kappa shape index (κ3) is 3.72. The maximum atomic E-state index is 5.80. The van der Waals surface area contributed by atoms with Crippen LogP contribution in [-0.4, -0.2) is 38.1 Å². The van der Waals surface area contributed by atoms with Crippen LogP contribution in [-0.2, 0) is 6.54 Å². The van der Waals surface area contributed by atoms with Crippen LogP contribution in [0.15, 0.2) is 30.7 Å². The molecule has 1 aliphatic rings. The third-order valence-electron chi connectivity index (χ3n) is 4.79. The number of piperidine rings is 1. The van der Waals surface area contributed by atoms with Crippen LogP contribution in [0.3, 0.4) is 0 Å². The second-order valence-corrected chi connectivity index (χ2v) is 6.68. The van der Waals surface area contributed by atoms with Crippen molar-refractivity contribution in [3.63, 3.8) is 0 Å². The smallest absolute Gasteiger partial charge is 0.140 e. The zero-order valence-corrected chi connectivity index (χ0v) is 14.2. The van der Waals surface area contributed by atoms with Crippen molar-refractivity contribution in [2.75, 3.05) is 12.3 Å². The Kier molecular flexibility index (Phi) is 4.96. The Bertz CT molecular complexity index is 634. The lowest BCUT2D eigenvalue weighted by molar-refractivity contribution is 0.102. The van der Waals surface area contributed by atoms with Gasteiger partial charge in [-0.05, 0) is 51.8 Å². The number of imidazole rings is 1. The maximum Gasteiger partial charge on any atom is 0.140 e. The van der Waals surface area contributed by atoms with E-state index in [9.17, 15) is 0 Å². The lowest BCUT2D eigenvalue weighted by atomic mass is 9.97. The molecular formula is C18H27N5. The molecule has 0 bridgehead atoms. The number of anilines is 1. The molecule has 124 valence electrons. The summed E-state index contributed by atoms with van der Waals surface area (Å²) >= 11 is 0. The topological polar surface area (TPSA) is 60.0 Å². The summed E-state index contributed by atoms with van der Waals surface area (Å²) in [5, 5.41) is 0. The highest BCUT2D eigenvalue weighted by Crippen LogP contribution is 2.24. The molecule has 0 saturated carbocycles. The Morgan fingerprint density at radius 2 is 2.13 bits per heavy atom. The minimum absolute atomic E-state index is 0.537. The summed E-state index contributed by atoms with van der Waals surface area (Å²) in [7, 11) is 0. The van der Waals surface area contributed by atoms with Gasteiger partial charge in [0.15, 0.2) is 0 Å². The second kappa shape index (κ2) is 7.13. The number of hydrogen-bond donors (Lipinski definition) is 1. The first-order valence-electron chi connectivity index (χ1n) is 8.64. The number of aryl methyl sites for hydroxylation is 1. The molecule has 0 amide bonds. The lowest BCUT2D eigenvalue weighted by Gasteiger charge is -2.38. The van der Waals surface area contributed by atoms with E-state index < -0.39 is 0 Å². The predicted molar refractivity (Wildman–Crippen MR) is 94.0 cm³/mol. The van der Waals surface area contributed by atoms with Gasteiger partial charge in [0.25, 0.3) is 0 Å². The number of hydrogen-bond acceptors (Lipinski definition) is 4. The zero-order valence-electron chi connectivity index (χ0n) is 14.2. The molecule has 3 rings (SSSR count). The fourth-order valence-electron chi connectivity index (χ4n) is 3.64. The van der Waals surface area contributed by atoms with Crippen LogP contribution in [0.5, 0.6) is 0 Å². The van der Waals surface area contributed by atoms with Crippen molar-refractivity contribution in [2.24, 2.45) is 0 Å². The van der Waals surface area contributed by atoms with Crippen LogP contribution in [0.1, 0.15) is 39.5 Å². The van der Waals surface area contributed by atoms with E-state index in [1.165, 1.54) is 32.2 Å². The quantitative estimate of drug-likeness (QED) is 0.921. The van der Waals surface area contributed by atoms with Gasteiger partial charge < -0.3 is 10.3 Å². The maximum absolute atomic E-state index is 5.80. The number of aromatic nitrogens is 3. The first-order valence-corrected chi connectivity index (χ1v) is 8.64. The van der Waals surface area contributed by atoms with Gasteiger partial charge in [-0.2, -0.15) is 0 Å². The minimum Gasteiger partial charge on any atom is -0.384 e. The normalized spacial score (nSPS) is 19.3. The second-order valence-electron chi connectivity index (χ2n) is 6.68. The van der Waals surface area contributed by atoms with Crippen molar-refractivity contribution >= 4 is 5.82 Å². The number of nitrogen functional groups attached to an aromatic ring is 1. The van der Waals surface area contributed by atoms with E-state index in [1.807, 2.05) is 18.3 Å². The molecular weight excluding hydrogens is 286 g/mol. The molecule has 2 aromatic rings. The summed E-state index contributed by atoms with van der Waals surface area (Å²) in [4.78, 5) is 11.2. The molecule has 1 fully saturated rings. The van der Waals surface area contributed by atoms with Gasteiger partial charge in [0.1, 0.15) is 11.6 Å². The molecule has 0 radical (unpaired) electrons. The van der Waals surface area contributed by atoms with Gasteiger partial charge in [-0.3, -0.25) is 4.90 Å².